The Balaban J connectivity index is 2.04. The Kier molecular flexibility index (Phi) is 4.96. The van der Waals surface area contributed by atoms with E-state index >= 15 is 0 Å². The van der Waals surface area contributed by atoms with Crippen molar-refractivity contribution in [3.63, 3.8) is 0 Å². The largest absolute Gasteiger partial charge is 0.381 e. The van der Waals surface area contributed by atoms with Crippen LogP contribution in [0.25, 0.3) is 0 Å². The van der Waals surface area contributed by atoms with Gasteiger partial charge < -0.3 is 15.0 Å². The molecule has 1 N–H and O–H groups in total. The molecule has 0 radical (unpaired) electrons. The molecule has 1 fully saturated rings. The summed E-state index contributed by atoms with van der Waals surface area (Å²) in [5.74, 6) is 2.44. The second-order valence-electron chi connectivity index (χ2n) is 5.17. The van der Waals surface area contributed by atoms with Crippen molar-refractivity contribution in [2.75, 3.05) is 43.6 Å². The first-order chi connectivity index (χ1) is 9.20. The first-order valence-electron chi connectivity index (χ1n) is 7.07. The zero-order valence-electron chi connectivity index (χ0n) is 12.1. The normalized spacial score (nSPS) is 16.4. The fraction of sp³-hybridized carbons (Fsp3) is 0.714. The van der Waals surface area contributed by atoms with Crippen molar-refractivity contribution in [3.8, 4) is 0 Å². The highest BCUT2D eigenvalue weighted by Crippen LogP contribution is 2.21. The lowest BCUT2D eigenvalue weighted by Crippen LogP contribution is -2.30. The van der Waals surface area contributed by atoms with Crippen LogP contribution in [0.5, 0.6) is 0 Å². The van der Waals surface area contributed by atoms with Crippen LogP contribution in [0.3, 0.4) is 0 Å². The monoisotopic (exact) mass is 264 g/mol. The molecule has 1 aliphatic heterocycles. The molecule has 5 nitrogen and oxygen atoms in total. The van der Waals surface area contributed by atoms with Crippen LogP contribution < -0.4 is 10.2 Å². The van der Waals surface area contributed by atoms with Gasteiger partial charge in [0.1, 0.15) is 5.82 Å². The summed E-state index contributed by atoms with van der Waals surface area (Å²) in [7, 11) is 2.11. The summed E-state index contributed by atoms with van der Waals surface area (Å²) in [6.07, 6.45) is 4.18. The van der Waals surface area contributed by atoms with Crippen LogP contribution >= 0.6 is 0 Å². The molecule has 0 unspecified atom stereocenters. The molecule has 0 aromatic carbocycles. The molecule has 1 aliphatic rings. The zero-order valence-corrected chi connectivity index (χ0v) is 12.1. The highest BCUT2D eigenvalue weighted by molar-refractivity contribution is 5.48. The predicted octanol–water partition coefficient (Wildman–Crippen LogP) is 2.08. The van der Waals surface area contributed by atoms with Crippen LogP contribution in [0.2, 0.25) is 0 Å². The van der Waals surface area contributed by atoms with Gasteiger partial charge in [-0.3, -0.25) is 0 Å². The molecule has 0 spiro atoms. The average Bonchev–Trinajstić information content (AvgIpc) is 2.42. The summed E-state index contributed by atoms with van der Waals surface area (Å²) in [6, 6.07) is 0. The van der Waals surface area contributed by atoms with Gasteiger partial charge in [0.25, 0.3) is 0 Å². The van der Waals surface area contributed by atoms with Gasteiger partial charge in [-0.05, 0) is 32.6 Å². The Morgan fingerprint density at radius 3 is 2.84 bits per heavy atom. The maximum Gasteiger partial charge on any atom is 0.224 e. The molecule has 2 heterocycles. The van der Waals surface area contributed by atoms with E-state index in [0.717, 1.165) is 50.5 Å². The Morgan fingerprint density at radius 1 is 1.42 bits per heavy atom. The molecule has 1 aromatic heterocycles. The second kappa shape index (κ2) is 6.70. The number of aromatic nitrogens is 2. The minimum atomic E-state index is 0.704. The number of ether oxygens (including phenoxy) is 1. The first kappa shape index (κ1) is 14.1. The maximum atomic E-state index is 5.41. The quantitative estimate of drug-likeness (QED) is 0.882. The number of anilines is 2. The molecular weight excluding hydrogens is 240 g/mol. The van der Waals surface area contributed by atoms with Gasteiger partial charge in [-0.15, -0.1) is 0 Å². The number of aryl methyl sites for hydroxylation is 1. The molecule has 0 saturated carbocycles. The van der Waals surface area contributed by atoms with Crippen LogP contribution in [-0.2, 0) is 4.74 Å². The van der Waals surface area contributed by atoms with Crippen LogP contribution in [0.4, 0.5) is 11.8 Å². The van der Waals surface area contributed by atoms with E-state index in [1.165, 1.54) is 0 Å². The fourth-order valence-corrected chi connectivity index (χ4v) is 2.47. The Hall–Kier alpha value is -1.36. The van der Waals surface area contributed by atoms with Crippen LogP contribution in [0, 0.1) is 12.8 Å². The minimum Gasteiger partial charge on any atom is -0.381 e. The van der Waals surface area contributed by atoms with Crippen molar-refractivity contribution >= 4 is 11.8 Å². The Labute approximate surface area is 115 Å². The lowest BCUT2D eigenvalue weighted by Gasteiger charge is -2.28. The fourth-order valence-electron chi connectivity index (χ4n) is 2.47. The molecule has 1 saturated heterocycles. The molecule has 2 rings (SSSR count). The van der Waals surface area contributed by atoms with Gasteiger partial charge >= 0.3 is 0 Å². The van der Waals surface area contributed by atoms with Crippen molar-refractivity contribution in [1.82, 2.24) is 9.97 Å². The molecular formula is C14H24N4O. The SMILES string of the molecule is CCNc1ncc(C)c(N(C)CC2CCOCC2)n1. The number of hydrogen-bond acceptors (Lipinski definition) is 5. The van der Waals surface area contributed by atoms with E-state index in [-0.39, 0.29) is 0 Å². The molecule has 5 heteroatoms. The molecule has 1 aromatic rings. The summed E-state index contributed by atoms with van der Waals surface area (Å²) >= 11 is 0. The molecule has 19 heavy (non-hydrogen) atoms. The topological polar surface area (TPSA) is 50.3 Å². The van der Waals surface area contributed by atoms with E-state index in [1.54, 1.807) is 0 Å². The third kappa shape index (κ3) is 3.80. The summed E-state index contributed by atoms with van der Waals surface area (Å²) in [4.78, 5) is 11.1. The summed E-state index contributed by atoms with van der Waals surface area (Å²) < 4.78 is 5.41. The van der Waals surface area contributed by atoms with E-state index in [1.807, 2.05) is 6.20 Å². The highest BCUT2D eigenvalue weighted by atomic mass is 16.5. The van der Waals surface area contributed by atoms with E-state index in [0.29, 0.717) is 11.9 Å². The summed E-state index contributed by atoms with van der Waals surface area (Å²) in [5, 5.41) is 3.16. The van der Waals surface area contributed by atoms with Gasteiger partial charge in [-0.25, -0.2) is 4.98 Å². The lowest BCUT2D eigenvalue weighted by molar-refractivity contribution is 0.0685. The third-order valence-electron chi connectivity index (χ3n) is 3.51. The van der Waals surface area contributed by atoms with Gasteiger partial charge in [0.15, 0.2) is 0 Å². The van der Waals surface area contributed by atoms with Gasteiger partial charge in [-0.2, -0.15) is 4.98 Å². The van der Waals surface area contributed by atoms with Crippen LogP contribution in [0.1, 0.15) is 25.3 Å². The van der Waals surface area contributed by atoms with Crippen molar-refractivity contribution in [3.05, 3.63) is 11.8 Å². The van der Waals surface area contributed by atoms with Gasteiger partial charge in [-0.1, -0.05) is 0 Å². The average molecular weight is 264 g/mol. The van der Waals surface area contributed by atoms with Crippen molar-refractivity contribution < 1.29 is 4.74 Å². The first-order valence-corrected chi connectivity index (χ1v) is 7.07. The van der Waals surface area contributed by atoms with Crippen LogP contribution in [0.15, 0.2) is 6.20 Å². The van der Waals surface area contributed by atoms with Crippen molar-refractivity contribution in [2.24, 2.45) is 5.92 Å². The van der Waals surface area contributed by atoms with E-state index in [9.17, 15) is 0 Å². The molecule has 106 valence electrons. The molecule has 0 aliphatic carbocycles. The highest BCUT2D eigenvalue weighted by Gasteiger charge is 2.17. The number of rotatable bonds is 5. The van der Waals surface area contributed by atoms with Crippen LogP contribution in [-0.4, -0.2) is 43.3 Å². The number of hydrogen-bond donors (Lipinski definition) is 1. The van der Waals surface area contributed by atoms with Crippen molar-refractivity contribution in [1.29, 1.82) is 0 Å². The molecule has 0 amide bonds. The summed E-state index contributed by atoms with van der Waals surface area (Å²) in [6.45, 7) is 7.77. The predicted molar refractivity (Wildman–Crippen MR) is 77.7 cm³/mol. The third-order valence-corrected chi connectivity index (χ3v) is 3.51. The van der Waals surface area contributed by atoms with Gasteiger partial charge in [0.05, 0.1) is 0 Å². The number of nitrogens with one attached hydrogen (secondary N) is 1. The Bertz CT molecular complexity index is 404. The standard InChI is InChI=1S/C14H24N4O/c1-4-15-14-16-9-11(2)13(17-14)18(3)10-12-5-7-19-8-6-12/h9,12H,4-8,10H2,1-3H3,(H,15,16,17). The van der Waals surface area contributed by atoms with Gasteiger partial charge in [0.2, 0.25) is 5.95 Å². The zero-order chi connectivity index (χ0) is 13.7. The second-order valence-corrected chi connectivity index (χ2v) is 5.17. The summed E-state index contributed by atoms with van der Waals surface area (Å²) in [5.41, 5.74) is 1.12. The van der Waals surface area contributed by atoms with E-state index in [2.05, 4.69) is 41.1 Å². The van der Waals surface area contributed by atoms with E-state index < -0.39 is 0 Å². The number of nitrogens with zero attached hydrogens (tertiary/aromatic N) is 3. The lowest BCUT2D eigenvalue weighted by atomic mass is 10.00. The van der Waals surface area contributed by atoms with Crippen molar-refractivity contribution in [2.45, 2.75) is 26.7 Å². The molecule has 0 bridgehead atoms. The van der Waals surface area contributed by atoms with Gasteiger partial charge in [0, 0.05) is 45.1 Å². The van der Waals surface area contributed by atoms with E-state index in [4.69, 9.17) is 4.74 Å². The Morgan fingerprint density at radius 2 is 2.16 bits per heavy atom. The maximum absolute atomic E-state index is 5.41. The molecule has 0 atom stereocenters. The smallest absolute Gasteiger partial charge is 0.224 e. The minimum absolute atomic E-state index is 0.704.